The van der Waals surface area contributed by atoms with Gasteiger partial charge in [0.05, 0.1) is 12.2 Å². The van der Waals surface area contributed by atoms with Gasteiger partial charge in [0.15, 0.2) is 5.15 Å². The van der Waals surface area contributed by atoms with Crippen LogP contribution in [0.4, 0.5) is 5.69 Å². The van der Waals surface area contributed by atoms with Crippen LogP contribution in [0.5, 0.6) is 0 Å². The maximum atomic E-state index is 12.2. The standard InChI is InChI=1S/C19H21ClN4O2/c20-18-16(7-4-10-21-18)23-17(25)13-24-11-8-15(9-12-24)22-19(26)14-5-2-1-3-6-14/h1-7,10,15H,8-9,11-13H2,(H,22,26)(H,23,25). The maximum absolute atomic E-state index is 12.2. The summed E-state index contributed by atoms with van der Waals surface area (Å²) < 4.78 is 0. The third kappa shape index (κ3) is 5.03. The van der Waals surface area contributed by atoms with E-state index in [1.807, 2.05) is 18.2 Å². The molecule has 6 nitrogen and oxygen atoms in total. The van der Waals surface area contributed by atoms with Gasteiger partial charge in [0, 0.05) is 30.9 Å². The molecule has 0 aliphatic carbocycles. The predicted molar refractivity (Wildman–Crippen MR) is 101 cm³/mol. The lowest BCUT2D eigenvalue weighted by atomic mass is 10.0. The number of hydrogen-bond acceptors (Lipinski definition) is 4. The van der Waals surface area contributed by atoms with Gasteiger partial charge < -0.3 is 10.6 Å². The van der Waals surface area contributed by atoms with E-state index in [4.69, 9.17) is 11.6 Å². The summed E-state index contributed by atoms with van der Waals surface area (Å²) in [5.74, 6) is -0.167. The Bertz CT molecular complexity index is 761. The van der Waals surface area contributed by atoms with Crippen molar-refractivity contribution in [2.75, 3.05) is 25.0 Å². The first-order chi connectivity index (χ1) is 12.6. The van der Waals surface area contributed by atoms with Gasteiger partial charge in [-0.25, -0.2) is 4.98 Å². The van der Waals surface area contributed by atoms with E-state index in [0.717, 1.165) is 25.9 Å². The monoisotopic (exact) mass is 372 g/mol. The molecule has 7 heteroatoms. The van der Waals surface area contributed by atoms with Crippen molar-refractivity contribution < 1.29 is 9.59 Å². The van der Waals surface area contributed by atoms with E-state index in [9.17, 15) is 9.59 Å². The predicted octanol–water partition coefficient (Wildman–Crippen LogP) is 2.57. The van der Waals surface area contributed by atoms with Gasteiger partial charge in [-0.2, -0.15) is 0 Å². The molecular formula is C19H21ClN4O2. The van der Waals surface area contributed by atoms with E-state index < -0.39 is 0 Å². The zero-order valence-electron chi connectivity index (χ0n) is 14.3. The van der Waals surface area contributed by atoms with Gasteiger partial charge in [-0.15, -0.1) is 0 Å². The first kappa shape index (κ1) is 18.4. The van der Waals surface area contributed by atoms with Crippen LogP contribution in [-0.4, -0.2) is 47.4 Å². The Kier molecular flexibility index (Phi) is 6.20. The molecule has 1 aliphatic heterocycles. The highest BCUT2D eigenvalue weighted by Gasteiger charge is 2.22. The highest BCUT2D eigenvalue weighted by Crippen LogP contribution is 2.17. The zero-order valence-corrected chi connectivity index (χ0v) is 15.1. The van der Waals surface area contributed by atoms with Crippen molar-refractivity contribution in [2.45, 2.75) is 18.9 Å². The number of nitrogens with one attached hydrogen (secondary N) is 2. The van der Waals surface area contributed by atoms with Crippen LogP contribution >= 0.6 is 11.6 Å². The smallest absolute Gasteiger partial charge is 0.251 e. The Morgan fingerprint density at radius 1 is 1.12 bits per heavy atom. The van der Waals surface area contributed by atoms with E-state index in [1.54, 1.807) is 30.5 Å². The van der Waals surface area contributed by atoms with Crippen LogP contribution in [0.3, 0.4) is 0 Å². The molecule has 0 bridgehead atoms. The molecule has 1 aliphatic rings. The highest BCUT2D eigenvalue weighted by atomic mass is 35.5. The number of benzene rings is 1. The minimum absolute atomic E-state index is 0.0481. The molecule has 1 aromatic carbocycles. The molecule has 2 amide bonds. The molecule has 0 atom stereocenters. The number of piperidine rings is 1. The van der Waals surface area contributed by atoms with Gasteiger partial charge in [-0.05, 0) is 37.1 Å². The second-order valence-corrected chi connectivity index (χ2v) is 6.64. The average Bonchev–Trinajstić information content (AvgIpc) is 2.66. The summed E-state index contributed by atoms with van der Waals surface area (Å²) in [6.07, 6.45) is 3.21. The molecule has 1 saturated heterocycles. The van der Waals surface area contributed by atoms with Crippen LogP contribution in [0.1, 0.15) is 23.2 Å². The molecule has 136 valence electrons. The summed E-state index contributed by atoms with van der Waals surface area (Å²) in [5.41, 5.74) is 1.19. The summed E-state index contributed by atoms with van der Waals surface area (Å²) >= 11 is 5.95. The SMILES string of the molecule is O=C(CN1CCC(NC(=O)c2ccccc2)CC1)Nc1cccnc1Cl. The number of anilines is 1. The Labute approximate surface area is 157 Å². The largest absolute Gasteiger partial charge is 0.349 e. The van der Waals surface area contributed by atoms with Gasteiger partial charge in [-0.1, -0.05) is 29.8 Å². The summed E-state index contributed by atoms with van der Waals surface area (Å²) in [6, 6.07) is 12.8. The van der Waals surface area contributed by atoms with Crippen LogP contribution in [0.15, 0.2) is 48.7 Å². The van der Waals surface area contributed by atoms with Crippen LogP contribution in [-0.2, 0) is 4.79 Å². The van der Waals surface area contributed by atoms with Gasteiger partial charge in [0.2, 0.25) is 5.91 Å². The fraction of sp³-hybridized carbons (Fsp3) is 0.316. The molecule has 1 aromatic heterocycles. The van der Waals surface area contributed by atoms with E-state index >= 15 is 0 Å². The average molecular weight is 373 g/mol. The van der Waals surface area contributed by atoms with Crippen molar-refractivity contribution in [2.24, 2.45) is 0 Å². The summed E-state index contributed by atoms with van der Waals surface area (Å²) in [6.45, 7) is 1.81. The number of halogens is 1. The van der Waals surface area contributed by atoms with Gasteiger partial charge in [0.25, 0.3) is 5.91 Å². The van der Waals surface area contributed by atoms with Crippen molar-refractivity contribution in [1.29, 1.82) is 0 Å². The Hall–Kier alpha value is -2.44. The minimum atomic E-state index is -0.119. The van der Waals surface area contributed by atoms with Crippen molar-refractivity contribution in [3.05, 3.63) is 59.4 Å². The quantitative estimate of drug-likeness (QED) is 0.791. The number of rotatable bonds is 5. The number of amides is 2. The van der Waals surface area contributed by atoms with Crippen LogP contribution < -0.4 is 10.6 Å². The number of carbonyl (C=O) groups excluding carboxylic acids is 2. The normalized spacial score (nSPS) is 15.4. The number of carbonyl (C=O) groups is 2. The van der Waals surface area contributed by atoms with Crippen LogP contribution in [0.2, 0.25) is 5.15 Å². The second-order valence-electron chi connectivity index (χ2n) is 6.28. The van der Waals surface area contributed by atoms with Crippen molar-refractivity contribution in [3.8, 4) is 0 Å². The fourth-order valence-electron chi connectivity index (χ4n) is 2.97. The lowest BCUT2D eigenvalue weighted by Gasteiger charge is -2.31. The molecule has 0 radical (unpaired) electrons. The summed E-state index contributed by atoms with van der Waals surface area (Å²) in [4.78, 5) is 30.4. The van der Waals surface area contributed by atoms with Crippen LogP contribution in [0, 0.1) is 0 Å². The number of pyridine rings is 1. The Morgan fingerprint density at radius 2 is 1.85 bits per heavy atom. The summed E-state index contributed by atoms with van der Waals surface area (Å²) in [7, 11) is 0. The van der Waals surface area contributed by atoms with E-state index in [1.165, 1.54) is 0 Å². The van der Waals surface area contributed by atoms with Crippen molar-refractivity contribution in [3.63, 3.8) is 0 Å². The third-order valence-electron chi connectivity index (χ3n) is 4.36. The molecule has 0 spiro atoms. The molecule has 2 N–H and O–H groups in total. The Balaban J connectivity index is 1.43. The molecule has 3 rings (SSSR count). The molecule has 1 fully saturated rings. The van der Waals surface area contributed by atoms with E-state index in [-0.39, 0.29) is 23.0 Å². The highest BCUT2D eigenvalue weighted by molar-refractivity contribution is 6.32. The number of aromatic nitrogens is 1. The Morgan fingerprint density at radius 3 is 2.54 bits per heavy atom. The summed E-state index contributed by atoms with van der Waals surface area (Å²) in [5, 5.41) is 6.12. The number of hydrogen-bond donors (Lipinski definition) is 2. The first-order valence-corrected chi connectivity index (χ1v) is 8.98. The van der Waals surface area contributed by atoms with Crippen molar-refractivity contribution >= 4 is 29.1 Å². The molecule has 2 heterocycles. The minimum Gasteiger partial charge on any atom is -0.349 e. The second kappa shape index (κ2) is 8.78. The van der Waals surface area contributed by atoms with Gasteiger partial charge >= 0.3 is 0 Å². The number of likely N-dealkylation sites (tertiary alicyclic amines) is 1. The topological polar surface area (TPSA) is 74.3 Å². The maximum Gasteiger partial charge on any atom is 0.251 e. The van der Waals surface area contributed by atoms with E-state index in [2.05, 4.69) is 20.5 Å². The zero-order chi connectivity index (χ0) is 18.4. The van der Waals surface area contributed by atoms with Gasteiger partial charge in [-0.3, -0.25) is 14.5 Å². The molecular weight excluding hydrogens is 352 g/mol. The molecule has 2 aromatic rings. The molecule has 0 unspecified atom stereocenters. The lowest BCUT2D eigenvalue weighted by molar-refractivity contribution is -0.117. The first-order valence-electron chi connectivity index (χ1n) is 8.60. The molecule has 0 saturated carbocycles. The molecule has 26 heavy (non-hydrogen) atoms. The van der Waals surface area contributed by atoms with Crippen LogP contribution in [0.25, 0.3) is 0 Å². The lowest BCUT2D eigenvalue weighted by Crippen LogP contribution is -2.46. The van der Waals surface area contributed by atoms with Crippen molar-refractivity contribution in [1.82, 2.24) is 15.2 Å². The fourth-order valence-corrected chi connectivity index (χ4v) is 3.13. The third-order valence-corrected chi connectivity index (χ3v) is 4.66. The number of nitrogens with zero attached hydrogens (tertiary/aromatic N) is 2. The van der Waals surface area contributed by atoms with E-state index in [0.29, 0.717) is 17.8 Å². The van der Waals surface area contributed by atoms with Gasteiger partial charge in [0.1, 0.15) is 0 Å².